The Kier molecular flexibility index (Phi) is 5.38. The van der Waals surface area contributed by atoms with Crippen molar-refractivity contribution in [2.75, 3.05) is 27.6 Å². The van der Waals surface area contributed by atoms with E-state index in [1.54, 1.807) is 28.6 Å². The molecule has 0 saturated carbocycles. The average molecular weight is 471 g/mol. The van der Waals surface area contributed by atoms with Gasteiger partial charge in [-0.3, -0.25) is 9.52 Å². The molecule has 1 N–H and O–H groups in total. The Morgan fingerprint density at radius 2 is 1.97 bits per heavy atom. The highest BCUT2D eigenvalue weighted by molar-refractivity contribution is 7.93. The van der Waals surface area contributed by atoms with Crippen LogP contribution in [0.2, 0.25) is 0 Å². The highest BCUT2D eigenvalue weighted by Crippen LogP contribution is 2.34. The molecule has 7 nitrogen and oxygen atoms in total. The predicted molar refractivity (Wildman–Crippen MR) is 129 cm³/mol. The van der Waals surface area contributed by atoms with Crippen molar-refractivity contribution < 1.29 is 14.6 Å². The van der Waals surface area contributed by atoms with Crippen LogP contribution in [0.25, 0.3) is 0 Å². The molecule has 2 aromatic carbocycles. The van der Waals surface area contributed by atoms with Crippen LogP contribution < -0.4 is 14.5 Å². The topological polar surface area (TPSA) is 82.6 Å². The summed E-state index contributed by atoms with van der Waals surface area (Å²) < 4.78 is 27.6. The van der Waals surface area contributed by atoms with E-state index in [-0.39, 0.29) is 18.3 Å². The number of benzene rings is 2. The summed E-state index contributed by atoms with van der Waals surface area (Å²) in [6.45, 7) is 3.59. The maximum absolute atomic E-state index is 13.3. The van der Waals surface area contributed by atoms with E-state index in [2.05, 4.69) is 39.7 Å². The van der Waals surface area contributed by atoms with Crippen molar-refractivity contribution in [1.82, 2.24) is 4.98 Å². The van der Waals surface area contributed by atoms with E-state index in [9.17, 15) is 13.2 Å². The number of aryl methyl sites for hydroxylation is 2. The lowest BCUT2D eigenvalue weighted by Crippen LogP contribution is -2.44. The van der Waals surface area contributed by atoms with Gasteiger partial charge in [-0.2, -0.15) is 0 Å². The highest BCUT2D eigenvalue weighted by atomic mass is 32.2. The first-order chi connectivity index (χ1) is 15.4. The minimum absolute atomic E-state index is 0. The monoisotopic (exact) mass is 470 g/mol. The molecule has 2 aliphatic heterocycles. The normalized spacial score (nSPS) is 18.7. The van der Waals surface area contributed by atoms with Crippen molar-refractivity contribution in [2.45, 2.75) is 37.1 Å². The zero-order chi connectivity index (χ0) is 22.3. The van der Waals surface area contributed by atoms with Gasteiger partial charge in [-0.1, -0.05) is 17.7 Å². The Labute approximate surface area is 193 Å². The fourth-order valence-corrected chi connectivity index (χ4v) is 6.33. The number of carbonyl (C=O) groups excluding carboxylic acids is 1. The molecule has 32 heavy (non-hydrogen) atoms. The second kappa shape index (κ2) is 8.22. The van der Waals surface area contributed by atoms with Gasteiger partial charge in [0.15, 0.2) is 5.13 Å². The van der Waals surface area contributed by atoms with Gasteiger partial charge < -0.3 is 9.80 Å². The molecule has 1 fully saturated rings. The number of carbonyl (C=O) groups is 1. The van der Waals surface area contributed by atoms with Crippen LogP contribution in [-0.4, -0.2) is 38.4 Å². The van der Waals surface area contributed by atoms with Crippen LogP contribution in [-0.2, 0) is 21.2 Å². The van der Waals surface area contributed by atoms with E-state index < -0.39 is 10.0 Å². The zero-order valence-electron chi connectivity index (χ0n) is 17.7. The number of amides is 1. The molecule has 0 unspecified atom stereocenters. The molecule has 1 atom stereocenters. The zero-order valence-corrected chi connectivity index (χ0v) is 19.3. The summed E-state index contributed by atoms with van der Waals surface area (Å²) >= 11 is 1.22. The number of nitrogens with zero attached hydrogens (tertiary/aromatic N) is 3. The van der Waals surface area contributed by atoms with Crippen LogP contribution in [0.1, 0.15) is 25.4 Å². The number of sulfonamides is 1. The Morgan fingerprint density at radius 1 is 1.16 bits per heavy atom. The molecule has 1 amide bonds. The fraction of sp³-hybridized carbons (Fsp3) is 0.304. The molecule has 168 valence electrons. The van der Waals surface area contributed by atoms with Crippen LogP contribution in [0.4, 0.5) is 16.5 Å². The van der Waals surface area contributed by atoms with Gasteiger partial charge in [0.05, 0.1) is 4.90 Å². The van der Waals surface area contributed by atoms with Crippen LogP contribution in [0.15, 0.2) is 58.9 Å². The SMILES string of the molecule is Cc1ccc2c(c1)CCCN2[C@@H]1CCN(c2ccc(S(=O)(=O)Nc3nccs3)cc2)C1=O.[HH]. The molecule has 1 aromatic heterocycles. The predicted octanol–water partition coefficient (Wildman–Crippen LogP) is 4.06. The Morgan fingerprint density at radius 3 is 2.72 bits per heavy atom. The molecule has 0 spiro atoms. The van der Waals surface area contributed by atoms with Gasteiger partial charge in [-0.15, -0.1) is 11.3 Å². The number of hydrogen-bond donors (Lipinski definition) is 1. The van der Waals surface area contributed by atoms with Crippen LogP contribution in [0.5, 0.6) is 0 Å². The minimum Gasteiger partial charge on any atom is -0.359 e. The van der Waals surface area contributed by atoms with E-state index in [1.807, 2.05) is 0 Å². The van der Waals surface area contributed by atoms with Gasteiger partial charge in [0, 0.05) is 37.5 Å². The highest BCUT2D eigenvalue weighted by Gasteiger charge is 2.38. The smallest absolute Gasteiger partial charge is 0.263 e. The molecule has 9 heteroatoms. The summed E-state index contributed by atoms with van der Waals surface area (Å²) in [5.41, 5.74) is 4.43. The summed E-state index contributed by atoms with van der Waals surface area (Å²) in [4.78, 5) is 21.4. The number of anilines is 3. The maximum atomic E-state index is 13.3. The lowest BCUT2D eigenvalue weighted by molar-refractivity contribution is -0.118. The van der Waals surface area contributed by atoms with E-state index in [1.165, 1.54) is 34.6 Å². The van der Waals surface area contributed by atoms with Crippen molar-refractivity contribution in [3.8, 4) is 0 Å². The first-order valence-corrected chi connectivity index (χ1v) is 13.0. The lowest BCUT2D eigenvalue weighted by atomic mass is 9.97. The molecular weight excluding hydrogens is 444 g/mol. The number of hydrogen-bond acceptors (Lipinski definition) is 6. The van der Waals surface area contributed by atoms with Crippen LogP contribution in [0.3, 0.4) is 0 Å². The van der Waals surface area contributed by atoms with E-state index in [0.717, 1.165) is 31.5 Å². The summed E-state index contributed by atoms with van der Waals surface area (Å²) in [5.74, 6) is 0.0648. The molecule has 1 saturated heterocycles. The quantitative estimate of drug-likeness (QED) is 0.608. The van der Waals surface area contributed by atoms with Gasteiger partial charge in [0.25, 0.3) is 10.0 Å². The van der Waals surface area contributed by atoms with Gasteiger partial charge in [-0.05, 0) is 62.1 Å². The summed E-state index contributed by atoms with van der Waals surface area (Å²) in [5, 5.41) is 2.03. The molecule has 3 aromatic rings. The van der Waals surface area contributed by atoms with Gasteiger partial charge in [0.2, 0.25) is 5.91 Å². The number of aromatic nitrogens is 1. The number of fused-ring (bicyclic) bond motifs is 1. The van der Waals surface area contributed by atoms with Gasteiger partial charge in [-0.25, -0.2) is 13.4 Å². The van der Waals surface area contributed by atoms with Crippen molar-refractivity contribution in [2.24, 2.45) is 0 Å². The Bertz CT molecular complexity index is 1250. The third-order valence-corrected chi connectivity index (χ3v) is 8.23. The standard InChI is InChI=1S/C23H24N4O3S2.H2/c1-16-4-9-20-17(15-16)3-2-12-27(20)21-10-13-26(22(21)28)18-5-7-19(8-6-18)32(29,30)25-23-24-11-14-31-23;/h4-9,11,14-15,21H,2-3,10,12-13H2,1H3,(H,24,25);1H/t21-;/m1./s1. The minimum atomic E-state index is -3.72. The van der Waals surface area contributed by atoms with Gasteiger partial charge in [0.1, 0.15) is 6.04 Å². The molecule has 5 rings (SSSR count). The molecule has 0 aliphatic carbocycles. The Balaban J connectivity index is 0.00000259. The molecule has 0 bridgehead atoms. The Hall–Kier alpha value is -2.91. The number of thiazole rings is 1. The molecule has 3 heterocycles. The van der Waals surface area contributed by atoms with Crippen LogP contribution >= 0.6 is 11.3 Å². The summed E-state index contributed by atoms with van der Waals surface area (Å²) in [6, 6.07) is 12.7. The van der Waals surface area contributed by atoms with Crippen molar-refractivity contribution >= 4 is 43.8 Å². The van der Waals surface area contributed by atoms with Gasteiger partial charge >= 0.3 is 0 Å². The molecule has 0 radical (unpaired) electrons. The van der Waals surface area contributed by atoms with Crippen molar-refractivity contribution in [1.29, 1.82) is 0 Å². The maximum Gasteiger partial charge on any atom is 0.263 e. The van der Waals surface area contributed by atoms with E-state index in [4.69, 9.17) is 0 Å². The third-order valence-electron chi connectivity index (χ3n) is 6.06. The number of nitrogens with one attached hydrogen (secondary N) is 1. The average Bonchev–Trinajstić information content (AvgIpc) is 3.42. The van der Waals surface area contributed by atoms with Crippen LogP contribution in [0, 0.1) is 6.92 Å². The second-order valence-corrected chi connectivity index (χ2v) is 10.7. The summed E-state index contributed by atoms with van der Waals surface area (Å²) in [6.07, 6.45) is 4.38. The first kappa shape index (κ1) is 21.0. The lowest BCUT2D eigenvalue weighted by Gasteiger charge is -2.35. The largest absolute Gasteiger partial charge is 0.359 e. The third kappa shape index (κ3) is 3.86. The molecular formula is C23H26N4O3S2. The fourth-order valence-electron chi connectivity index (χ4n) is 4.54. The van der Waals surface area contributed by atoms with E-state index >= 15 is 0 Å². The van der Waals surface area contributed by atoms with Crippen molar-refractivity contribution in [3.63, 3.8) is 0 Å². The van der Waals surface area contributed by atoms with Crippen molar-refractivity contribution in [3.05, 3.63) is 65.2 Å². The second-order valence-electron chi connectivity index (χ2n) is 8.16. The van der Waals surface area contributed by atoms with E-state index in [0.29, 0.717) is 17.4 Å². The molecule has 2 aliphatic rings. The summed E-state index contributed by atoms with van der Waals surface area (Å²) in [7, 11) is -3.72. The first-order valence-electron chi connectivity index (χ1n) is 10.6. The number of rotatable bonds is 5.